The van der Waals surface area contributed by atoms with Crippen LogP contribution >= 0.6 is 0 Å². The molecule has 0 fully saturated rings. The van der Waals surface area contributed by atoms with E-state index >= 15 is 0 Å². The standard InChI is InChI=1S/C10H12N2O/c1-2-13-12-8-4-6-10(12)9-5-3-7-11-9/h3-8,11H,2H2,1H3. The first-order valence-corrected chi connectivity index (χ1v) is 4.36. The Morgan fingerprint density at radius 3 is 3.00 bits per heavy atom. The summed E-state index contributed by atoms with van der Waals surface area (Å²) in [6.07, 6.45) is 3.80. The van der Waals surface area contributed by atoms with Gasteiger partial charge in [0.15, 0.2) is 0 Å². The van der Waals surface area contributed by atoms with Gasteiger partial charge in [-0.05, 0) is 31.2 Å². The maximum Gasteiger partial charge on any atom is 0.112 e. The van der Waals surface area contributed by atoms with Gasteiger partial charge in [-0.25, -0.2) is 0 Å². The SMILES string of the molecule is CCOn1cccc1-c1ccc[nH]1. The Hall–Kier alpha value is -1.64. The van der Waals surface area contributed by atoms with Crippen LogP contribution in [0.2, 0.25) is 0 Å². The molecule has 0 bridgehead atoms. The van der Waals surface area contributed by atoms with Crippen LogP contribution in [-0.2, 0) is 0 Å². The number of H-pyrrole nitrogens is 1. The molecule has 2 rings (SSSR count). The maximum absolute atomic E-state index is 5.40. The quantitative estimate of drug-likeness (QED) is 0.760. The summed E-state index contributed by atoms with van der Waals surface area (Å²) < 4.78 is 1.77. The smallest absolute Gasteiger partial charge is 0.112 e. The monoisotopic (exact) mass is 176 g/mol. The van der Waals surface area contributed by atoms with E-state index in [9.17, 15) is 0 Å². The second-order valence-corrected chi connectivity index (χ2v) is 2.72. The van der Waals surface area contributed by atoms with Crippen molar-refractivity contribution in [1.29, 1.82) is 0 Å². The summed E-state index contributed by atoms with van der Waals surface area (Å²) in [4.78, 5) is 8.53. The average molecular weight is 176 g/mol. The minimum atomic E-state index is 0.669. The Balaban J connectivity index is 2.35. The molecule has 0 atom stereocenters. The number of aromatic nitrogens is 2. The van der Waals surface area contributed by atoms with Crippen molar-refractivity contribution in [1.82, 2.24) is 9.71 Å². The van der Waals surface area contributed by atoms with Crippen molar-refractivity contribution >= 4 is 0 Å². The van der Waals surface area contributed by atoms with Gasteiger partial charge < -0.3 is 9.82 Å². The van der Waals surface area contributed by atoms with Gasteiger partial charge in [0.05, 0.1) is 5.69 Å². The molecule has 0 unspecified atom stereocenters. The zero-order valence-corrected chi connectivity index (χ0v) is 7.53. The van der Waals surface area contributed by atoms with Gasteiger partial charge in [-0.1, -0.05) is 0 Å². The number of hydrogen-bond acceptors (Lipinski definition) is 1. The van der Waals surface area contributed by atoms with Crippen LogP contribution in [0, 0.1) is 0 Å². The molecule has 0 aromatic carbocycles. The summed E-state index contributed by atoms with van der Waals surface area (Å²) in [5.74, 6) is 0. The normalized spacial score (nSPS) is 10.2. The third-order valence-electron chi connectivity index (χ3n) is 1.86. The van der Waals surface area contributed by atoms with Gasteiger partial charge in [0.25, 0.3) is 0 Å². The second kappa shape index (κ2) is 3.39. The van der Waals surface area contributed by atoms with Gasteiger partial charge in [-0.15, -0.1) is 0 Å². The van der Waals surface area contributed by atoms with E-state index in [1.165, 1.54) is 0 Å². The molecule has 0 radical (unpaired) electrons. The van der Waals surface area contributed by atoms with Crippen molar-refractivity contribution in [2.45, 2.75) is 6.92 Å². The van der Waals surface area contributed by atoms with E-state index in [2.05, 4.69) is 4.98 Å². The fraction of sp³-hybridized carbons (Fsp3) is 0.200. The van der Waals surface area contributed by atoms with Gasteiger partial charge in [-0.2, -0.15) is 4.73 Å². The topological polar surface area (TPSA) is 29.9 Å². The van der Waals surface area contributed by atoms with Crippen molar-refractivity contribution in [3.8, 4) is 11.4 Å². The predicted molar refractivity (Wildman–Crippen MR) is 51.3 cm³/mol. The molecule has 0 amide bonds. The highest BCUT2D eigenvalue weighted by Crippen LogP contribution is 2.16. The summed E-state index contributed by atoms with van der Waals surface area (Å²) in [6, 6.07) is 7.97. The summed E-state index contributed by atoms with van der Waals surface area (Å²) >= 11 is 0. The molecular weight excluding hydrogens is 164 g/mol. The molecule has 1 N–H and O–H groups in total. The van der Waals surface area contributed by atoms with Crippen LogP contribution in [0.1, 0.15) is 6.92 Å². The van der Waals surface area contributed by atoms with Crippen molar-refractivity contribution in [2.24, 2.45) is 0 Å². The molecule has 0 spiro atoms. The van der Waals surface area contributed by atoms with Crippen LogP contribution in [0.4, 0.5) is 0 Å². The lowest BCUT2D eigenvalue weighted by atomic mass is 10.3. The summed E-state index contributed by atoms with van der Waals surface area (Å²) in [5.41, 5.74) is 2.12. The van der Waals surface area contributed by atoms with Gasteiger partial charge in [0.1, 0.15) is 12.3 Å². The third-order valence-corrected chi connectivity index (χ3v) is 1.86. The van der Waals surface area contributed by atoms with Crippen LogP contribution in [0.25, 0.3) is 11.4 Å². The fourth-order valence-electron chi connectivity index (χ4n) is 1.32. The van der Waals surface area contributed by atoms with Gasteiger partial charge in [-0.3, -0.25) is 0 Å². The van der Waals surface area contributed by atoms with E-state index < -0.39 is 0 Å². The van der Waals surface area contributed by atoms with E-state index in [4.69, 9.17) is 4.84 Å². The highest BCUT2D eigenvalue weighted by molar-refractivity contribution is 5.54. The van der Waals surface area contributed by atoms with E-state index in [0.717, 1.165) is 11.4 Å². The molecule has 68 valence electrons. The number of rotatable bonds is 3. The summed E-state index contributed by atoms with van der Waals surface area (Å²) in [5, 5.41) is 0. The summed E-state index contributed by atoms with van der Waals surface area (Å²) in [7, 11) is 0. The average Bonchev–Trinajstić information content (AvgIpc) is 2.71. The Morgan fingerprint density at radius 1 is 1.38 bits per heavy atom. The highest BCUT2D eigenvalue weighted by Gasteiger charge is 2.03. The van der Waals surface area contributed by atoms with Crippen LogP contribution in [0.5, 0.6) is 0 Å². The zero-order chi connectivity index (χ0) is 9.10. The Bertz CT molecular complexity index is 362. The van der Waals surface area contributed by atoms with E-state index in [1.807, 2.05) is 43.6 Å². The molecule has 0 aliphatic heterocycles. The van der Waals surface area contributed by atoms with Crippen molar-refractivity contribution in [3.05, 3.63) is 36.7 Å². The first-order valence-electron chi connectivity index (χ1n) is 4.36. The molecule has 13 heavy (non-hydrogen) atoms. The molecule has 3 heteroatoms. The lowest BCUT2D eigenvalue weighted by molar-refractivity contribution is 0.126. The first kappa shape index (κ1) is 7.98. The molecule has 0 saturated carbocycles. The third kappa shape index (κ3) is 1.45. The van der Waals surface area contributed by atoms with Crippen LogP contribution < -0.4 is 4.84 Å². The highest BCUT2D eigenvalue weighted by atomic mass is 16.7. The van der Waals surface area contributed by atoms with Gasteiger partial charge >= 0.3 is 0 Å². The minimum Gasteiger partial charge on any atom is -0.414 e. The molecule has 0 aliphatic rings. The van der Waals surface area contributed by atoms with Crippen molar-refractivity contribution < 1.29 is 4.84 Å². The van der Waals surface area contributed by atoms with Crippen LogP contribution in [0.3, 0.4) is 0 Å². The first-order chi connectivity index (χ1) is 6.42. The minimum absolute atomic E-state index is 0.669. The molecule has 2 aromatic heterocycles. The van der Waals surface area contributed by atoms with E-state index in [-0.39, 0.29) is 0 Å². The number of nitrogens with one attached hydrogen (secondary N) is 1. The predicted octanol–water partition coefficient (Wildman–Crippen LogP) is 1.93. The maximum atomic E-state index is 5.40. The molecule has 0 saturated heterocycles. The molecular formula is C10H12N2O. The van der Waals surface area contributed by atoms with Crippen molar-refractivity contribution in [2.75, 3.05) is 6.61 Å². The number of nitrogens with zero attached hydrogens (tertiary/aromatic N) is 1. The van der Waals surface area contributed by atoms with E-state index in [0.29, 0.717) is 6.61 Å². The van der Waals surface area contributed by atoms with E-state index in [1.54, 1.807) is 4.73 Å². The summed E-state index contributed by atoms with van der Waals surface area (Å²) in [6.45, 7) is 2.64. The molecule has 2 aromatic rings. The van der Waals surface area contributed by atoms with Gasteiger partial charge in [0.2, 0.25) is 0 Å². The lowest BCUT2D eigenvalue weighted by Crippen LogP contribution is -2.10. The molecule has 0 aliphatic carbocycles. The Morgan fingerprint density at radius 2 is 2.31 bits per heavy atom. The molecule has 2 heterocycles. The number of aromatic amines is 1. The van der Waals surface area contributed by atoms with Crippen LogP contribution in [-0.4, -0.2) is 16.3 Å². The second-order valence-electron chi connectivity index (χ2n) is 2.72. The zero-order valence-electron chi connectivity index (χ0n) is 7.53. The Labute approximate surface area is 76.9 Å². The van der Waals surface area contributed by atoms with Crippen molar-refractivity contribution in [3.63, 3.8) is 0 Å². The van der Waals surface area contributed by atoms with Gasteiger partial charge in [0, 0.05) is 12.4 Å². The molecule has 3 nitrogen and oxygen atoms in total. The number of hydrogen-bond donors (Lipinski definition) is 1. The lowest BCUT2D eigenvalue weighted by Gasteiger charge is -2.07. The Kier molecular flexibility index (Phi) is 2.08. The fourth-order valence-corrected chi connectivity index (χ4v) is 1.32. The largest absolute Gasteiger partial charge is 0.414 e. The van der Waals surface area contributed by atoms with Crippen LogP contribution in [0.15, 0.2) is 36.7 Å².